The molecule has 27 heavy (non-hydrogen) atoms. The van der Waals surface area contributed by atoms with Gasteiger partial charge in [-0.1, -0.05) is 12.8 Å². The number of carbonyl (C=O) groups is 1. The van der Waals surface area contributed by atoms with Crippen LogP contribution in [0.15, 0.2) is 23.5 Å². The third-order valence-corrected chi connectivity index (χ3v) is 5.24. The van der Waals surface area contributed by atoms with Gasteiger partial charge >= 0.3 is 0 Å². The van der Waals surface area contributed by atoms with E-state index in [0.717, 1.165) is 37.8 Å². The highest BCUT2D eigenvalue weighted by atomic mass is 16.2. The number of nitrogens with zero attached hydrogens (tertiary/aromatic N) is 5. The zero-order valence-electron chi connectivity index (χ0n) is 16.4. The van der Waals surface area contributed by atoms with E-state index in [1.54, 1.807) is 31.4 Å². The fourth-order valence-corrected chi connectivity index (χ4v) is 3.56. The minimum Gasteiger partial charge on any atom is -0.354 e. The van der Waals surface area contributed by atoms with Crippen LogP contribution >= 0.6 is 0 Å². The number of guanidine groups is 1. The van der Waals surface area contributed by atoms with Crippen LogP contribution in [-0.4, -0.2) is 72.5 Å². The number of aromatic nitrogens is 2. The SMILES string of the molecule is CN(C)C(=O)CN=C(NC1CCCC1)NC1CCN(c2ncccn2)CC1. The highest BCUT2D eigenvalue weighted by molar-refractivity contribution is 5.85. The van der Waals surface area contributed by atoms with Crippen LogP contribution in [0.25, 0.3) is 0 Å². The van der Waals surface area contributed by atoms with Gasteiger partial charge in [0.15, 0.2) is 5.96 Å². The minimum absolute atomic E-state index is 0.0126. The molecule has 1 aliphatic heterocycles. The summed E-state index contributed by atoms with van der Waals surface area (Å²) in [5.74, 6) is 1.58. The van der Waals surface area contributed by atoms with Gasteiger partial charge in [0.2, 0.25) is 11.9 Å². The molecule has 1 saturated heterocycles. The number of piperidine rings is 1. The van der Waals surface area contributed by atoms with Gasteiger partial charge in [-0.25, -0.2) is 15.0 Å². The summed E-state index contributed by atoms with van der Waals surface area (Å²) in [6.45, 7) is 2.00. The molecule has 1 aliphatic carbocycles. The van der Waals surface area contributed by atoms with Crippen molar-refractivity contribution in [2.24, 2.45) is 4.99 Å². The Balaban J connectivity index is 1.55. The Bertz CT molecular complexity index is 620. The molecule has 0 spiro atoms. The largest absolute Gasteiger partial charge is 0.354 e. The zero-order chi connectivity index (χ0) is 19.1. The number of likely N-dealkylation sites (N-methyl/N-ethyl adjacent to an activating group) is 1. The van der Waals surface area contributed by atoms with Gasteiger partial charge in [-0.05, 0) is 31.7 Å². The van der Waals surface area contributed by atoms with Gasteiger partial charge in [-0.2, -0.15) is 0 Å². The number of aliphatic imine (C=N–C) groups is 1. The summed E-state index contributed by atoms with van der Waals surface area (Å²) in [5, 5.41) is 7.08. The van der Waals surface area contributed by atoms with Gasteiger partial charge in [-0.15, -0.1) is 0 Å². The van der Waals surface area contributed by atoms with E-state index in [0.29, 0.717) is 12.1 Å². The second-order valence-corrected chi connectivity index (χ2v) is 7.53. The Labute approximate surface area is 161 Å². The molecule has 1 amide bonds. The van der Waals surface area contributed by atoms with Crippen molar-refractivity contribution < 1.29 is 4.79 Å². The molecule has 2 N–H and O–H groups in total. The number of hydrogen-bond donors (Lipinski definition) is 2. The second-order valence-electron chi connectivity index (χ2n) is 7.53. The van der Waals surface area contributed by atoms with Crippen LogP contribution in [0.3, 0.4) is 0 Å². The molecule has 0 radical (unpaired) electrons. The predicted octanol–water partition coefficient (Wildman–Crippen LogP) is 1.01. The molecular weight excluding hydrogens is 342 g/mol. The molecule has 2 fully saturated rings. The minimum atomic E-state index is 0.0126. The van der Waals surface area contributed by atoms with Crippen molar-refractivity contribution in [1.29, 1.82) is 0 Å². The first kappa shape index (κ1) is 19.4. The lowest BCUT2D eigenvalue weighted by atomic mass is 10.1. The van der Waals surface area contributed by atoms with Gasteiger partial charge < -0.3 is 20.4 Å². The highest BCUT2D eigenvalue weighted by Gasteiger charge is 2.23. The van der Waals surface area contributed by atoms with Crippen molar-refractivity contribution in [1.82, 2.24) is 25.5 Å². The molecule has 1 saturated carbocycles. The molecule has 1 aromatic rings. The molecule has 2 heterocycles. The predicted molar refractivity (Wildman–Crippen MR) is 107 cm³/mol. The van der Waals surface area contributed by atoms with E-state index in [4.69, 9.17) is 0 Å². The summed E-state index contributed by atoms with van der Waals surface area (Å²) >= 11 is 0. The molecule has 0 unspecified atom stereocenters. The van der Waals surface area contributed by atoms with E-state index >= 15 is 0 Å². The van der Waals surface area contributed by atoms with E-state index in [-0.39, 0.29) is 12.5 Å². The number of hydrogen-bond acceptors (Lipinski definition) is 5. The summed E-state index contributed by atoms with van der Waals surface area (Å²) in [5.41, 5.74) is 0. The fourth-order valence-electron chi connectivity index (χ4n) is 3.56. The lowest BCUT2D eigenvalue weighted by Crippen LogP contribution is -2.51. The number of amides is 1. The number of nitrogens with one attached hydrogen (secondary N) is 2. The van der Waals surface area contributed by atoms with Gasteiger partial charge in [-0.3, -0.25) is 4.79 Å². The van der Waals surface area contributed by atoms with Crippen molar-refractivity contribution in [3.63, 3.8) is 0 Å². The summed E-state index contributed by atoms with van der Waals surface area (Å²) in [4.78, 5) is 28.9. The molecule has 8 nitrogen and oxygen atoms in total. The molecule has 0 aromatic carbocycles. The Morgan fingerprint density at radius 2 is 1.70 bits per heavy atom. The maximum atomic E-state index is 11.9. The first-order valence-electron chi connectivity index (χ1n) is 9.91. The molecule has 0 atom stereocenters. The Hall–Kier alpha value is -2.38. The maximum Gasteiger partial charge on any atom is 0.243 e. The molecule has 1 aromatic heterocycles. The molecule has 0 bridgehead atoms. The second kappa shape index (κ2) is 9.53. The Morgan fingerprint density at radius 1 is 1.11 bits per heavy atom. The third kappa shape index (κ3) is 5.80. The highest BCUT2D eigenvalue weighted by Crippen LogP contribution is 2.18. The Kier molecular flexibility index (Phi) is 6.84. The smallest absolute Gasteiger partial charge is 0.243 e. The van der Waals surface area contributed by atoms with Crippen molar-refractivity contribution >= 4 is 17.8 Å². The van der Waals surface area contributed by atoms with Crippen LogP contribution in [0.4, 0.5) is 5.95 Å². The van der Waals surface area contributed by atoms with Crippen LogP contribution in [0.5, 0.6) is 0 Å². The van der Waals surface area contributed by atoms with E-state index in [2.05, 4.69) is 30.5 Å². The molecule has 3 rings (SSSR count). The third-order valence-electron chi connectivity index (χ3n) is 5.24. The maximum absolute atomic E-state index is 11.9. The van der Waals surface area contributed by atoms with Crippen molar-refractivity contribution in [2.75, 3.05) is 38.6 Å². The average molecular weight is 374 g/mol. The number of carbonyl (C=O) groups excluding carboxylic acids is 1. The van der Waals surface area contributed by atoms with E-state index in [9.17, 15) is 4.79 Å². The molecule has 8 heteroatoms. The topological polar surface area (TPSA) is 85.8 Å². The zero-order valence-corrected chi connectivity index (χ0v) is 16.4. The summed E-state index contributed by atoms with van der Waals surface area (Å²) in [7, 11) is 3.52. The van der Waals surface area contributed by atoms with E-state index < -0.39 is 0 Å². The van der Waals surface area contributed by atoms with Crippen LogP contribution in [0.1, 0.15) is 38.5 Å². The van der Waals surface area contributed by atoms with Gasteiger partial charge in [0.25, 0.3) is 0 Å². The van der Waals surface area contributed by atoms with Gasteiger partial charge in [0.1, 0.15) is 6.54 Å². The van der Waals surface area contributed by atoms with Crippen molar-refractivity contribution in [3.05, 3.63) is 18.5 Å². The van der Waals surface area contributed by atoms with Crippen LogP contribution < -0.4 is 15.5 Å². The van der Waals surface area contributed by atoms with Crippen molar-refractivity contribution in [3.8, 4) is 0 Å². The fraction of sp³-hybridized carbons (Fsp3) is 0.684. The Morgan fingerprint density at radius 3 is 2.30 bits per heavy atom. The summed E-state index contributed by atoms with van der Waals surface area (Å²) in [6.07, 6.45) is 10.4. The lowest BCUT2D eigenvalue weighted by Gasteiger charge is -2.33. The van der Waals surface area contributed by atoms with Gasteiger partial charge in [0.05, 0.1) is 0 Å². The van der Waals surface area contributed by atoms with E-state index in [1.165, 1.54) is 25.7 Å². The normalized spacial score (nSPS) is 19.2. The van der Waals surface area contributed by atoms with Crippen LogP contribution in [0, 0.1) is 0 Å². The molecule has 2 aliphatic rings. The lowest BCUT2D eigenvalue weighted by molar-refractivity contribution is -0.127. The summed E-state index contributed by atoms with van der Waals surface area (Å²) in [6, 6.07) is 2.64. The van der Waals surface area contributed by atoms with Crippen LogP contribution in [0.2, 0.25) is 0 Å². The number of rotatable bonds is 5. The molecule has 148 valence electrons. The number of anilines is 1. The van der Waals surface area contributed by atoms with E-state index in [1.807, 2.05) is 6.07 Å². The first-order chi connectivity index (χ1) is 13.1. The first-order valence-corrected chi connectivity index (χ1v) is 9.91. The summed E-state index contributed by atoms with van der Waals surface area (Å²) < 4.78 is 0. The average Bonchev–Trinajstić information content (AvgIpc) is 3.20. The molecular formula is C19H31N7O. The standard InChI is InChI=1S/C19H31N7O/c1-25(2)17(27)14-22-18(23-15-6-3-4-7-15)24-16-8-12-26(13-9-16)19-20-10-5-11-21-19/h5,10-11,15-16H,3-4,6-9,12-14H2,1-2H3,(H2,22,23,24). The van der Waals surface area contributed by atoms with Crippen LogP contribution in [-0.2, 0) is 4.79 Å². The monoisotopic (exact) mass is 373 g/mol. The van der Waals surface area contributed by atoms with Crippen molar-refractivity contribution in [2.45, 2.75) is 50.6 Å². The quantitative estimate of drug-likeness (QED) is 0.592. The van der Waals surface area contributed by atoms with Gasteiger partial charge in [0, 0.05) is 51.7 Å².